The van der Waals surface area contributed by atoms with Gasteiger partial charge in [0.05, 0.1) is 6.54 Å². The van der Waals surface area contributed by atoms with Crippen LogP contribution in [0.4, 0.5) is 5.82 Å². The van der Waals surface area contributed by atoms with Gasteiger partial charge in [0.1, 0.15) is 23.0 Å². The number of nitrogens with one attached hydrogen (secondary N) is 2. The van der Waals surface area contributed by atoms with Crippen molar-refractivity contribution in [3.63, 3.8) is 0 Å². The Balaban J connectivity index is 1.50. The van der Waals surface area contributed by atoms with Gasteiger partial charge in [-0.05, 0) is 38.1 Å². The molecule has 0 atom stereocenters. The van der Waals surface area contributed by atoms with Gasteiger partial charge in [-0.15, -0.1) is 0 Å². The molecule has 0 aliphatic rings. The summed E-state index contributed by atoms with van der Waals surface area (Å²) in [4.78, 5) is 23.5. The van der Waals surface area contributed by atoms with Crippen LogP contribution in [0.15, 0.2) is 57.9 Å². The Hall–Kier alpha value is -3.41. The standard InChI is InChI=1S/C20H18N4O2/c1-12-13(2)23-19(24-20(12)25)15-7-8-18(21-10-15)22-11-16-9-14-5-3-4-6-17(14)26-16/h3-10H,11H2,1-2H3,(H,21,22)(H,23,24,25). The van der Waals surface area contributed by atoms with Gasteiger partial charge in [0.25, 0.3) is 5.56 Å². The van der Waals surface area contributed by atoms with Crippen molar-refractivity contribution in [2.24, 2.45) is 0 Å². The van der Waals surface area contributed by atoms with E-state index in [1.54, 1.807) is 13.1 Å². The van der Waals surface area contributed by atoms with Crippen LogP contribution in [0.1, 0.15) is 17.0 Å². The van der Waals surface area contributed by atoms with E-state index in [-0.39, 0.29) is 5.56 Å². The molecule has 26 heavy (non-hydrogen) atoms. The number of furan rings is 1. The van der Waals surface area contributed by atoms with Crippen LogP contribution >= 0.6 is 0 Å². The lowest BCUT2D eigenvalue weighted by Crippen LogP contribution is -2.14. The number of hydrogen-bond acceptors (Lipinski definition) is 5. The van der Waals surface area contributed by atoms with Gasteiger partial charge >= 0.3 is 0 Å². The minimum absolute atomic E-state index is 0.125. The lowest BCUT2D eigenvalue weighted by Gasteiger charge is -2.06. The molecule has 0 aliphatic carbocycles. The van der Waals surface area contributed by atoms with Crippen LogP contribution < -0.4 is 10.9 Å². The molecular weight excluding hydrogens is 328 g/mol. The molecular formula is C20H18N4O2. The number of benzene rings is 1. The highest BCUT2D eigenvalue weighted by Gasteiger charge is 2.07. The fourth-order valence-corrected chi connectivity index (χ4v) is 2.72. The predicted octanol–water partition coefficient (Wildman–Crippen LogP) is 3.81. The summed E-state index contributed by atoms with van der Waals surface area (Å²) >= 11 is 0. The number of hydrogen-bond donors (Lipinski definition) is 2. The quantitative estimate of drug-likeness (QED) is 0.587. The van der Waals surface area contributed by atoms with Crippen LogP contribution in [0.25, 0.3) is 22.4 Å². The molecule has 0 fully saturated rings. The van der Waals surface area contributed by atoms with E-state index in [9.17, 15) is 4.79 Å². The lowest BCUT2D eigenvalue weighted by molar-refractivity contribution is 0.559. The molecule has 0 radical (unpaired) electrons. The third-order valence-electron chi connectivity index (χ3n) is 4.35. The summed E-state index contributed by atoms with van der Waals surface area (Å²) in [5.41, 5.74) is 2.86. The molecule has 6 heteroatoms. The first kappa shape index (κ1) is 16.1. The van der Waals surface area contributed by atoms with E-state index in [2.05, 4.69) is 20.3 Å². The van der Waals surface area contributed by atoms with Gasteiger partial charge in [0, 0.05) is 28.4 Å². The minimum Gasteiger partial charge on any atom is -0.459 e. The number of fused-ring (bicyclic) bond motifs is 1. The van der Waals surface area contributed by atoms with Crippen molar-refractivity contribution < 1.29 is 4.42 Å². The fraction of sp³-hybridized carbons (Fsp3) is 0.150. The highest BCUT2D eigenvalue weighted by Crippen LogP contribution is 2.20. The van der Waals surface area contributed by atoms with Crippen molar-refractivity contribution >= 4 is 16.8 Å². The second kappa shape index (κ2) is 6.48. The van der Waals surface area contributed by atoms with E-state index in [0.717, 1.165) is 33.8 Å². The zero-order valence-electron chi connectivity index (χ0n) is 14.5. The normalized spacial score (nSPS) is 11.0. The summed E-state index contributed by atoms with van der Waals surface area (Å²) in [6, 6.07) is 13.7. The van der Waals surface area contributed by atoms with E-state index >= 15 is 0 Å². The zero-order valence-corrected chi connectivity index (χ0v) is 14.5. The smallest absolute Gasteiger partial charge is 0.254 e. The van der Waals surface area contributed by atoms with Crippen LogP contribution in [0.3, 0.4) is 0 Å². The molecule has 3 aromatic heterocycles. The van der Waals surface area contributed by atoms with Crippen LogP contribution in [0.5, 0.6) is 0 Å². The van der Waals surface area contributed by atoms with Gasteiger partial charge < -0.3 is 14.7 Å². The van der Waals surface area contributed by atoms with E-state index in [4.69, 9.17) is 4.42 Å². The van der Waals surface area contributed by atoms with Crippen LogP contribution in [-0.4, -0.2) is 15.0 Å². The van der Waals surface area contributed by atoms with E-state index < -0.39 is 0 Å². The Bertz CT molecular complexity index is 1090. The van der Waals surface area contributed by atoms with Crippen LogP contribution in [-0.2, 0) is 6.54 Å². The largest absolute Gasteiger partial charge is 0.459 e. The molecule has 130 valence electrons. The van der Waals surface area contributed by atoms with E-state index in [1.165, 1.54) is 0 Å². The number of nitrogens with zero attached hydrogens (tertiary/aromatic N) is 2. The first-order chi connectivity index (χ1) is 12.6. The molecule has 0 amide bonds. The molecule has 6 nitrogen and oxygen atoms in total. The summed E-state index contributed by atoms with van der Waals surface area (Å²) in [5, 5.41) is 4.32. The number of aromatic amines is 1. The molecule has 4 aromatic rings. The predicted molar refractivity (Wildman–Crippen MR) is 101 cm³/mol. The SMILES string of the molecule is Cc1nc(-c2ccc(NCc3cc4ccccc4o3)nc2)[nH]c(=O)c1C. The van der Waals surface area contributed by atoms with Gasteiger partial charge in [-0.2, -0.15) is 0 Å². The molecule has 0 bridgehead atoms. The molecule has 0 unspecified atom stereocenters. The Morgan fingerprint density at radius 1 is 1.15 bits per heavy atom. The second-order valence-corrected chi connectivity index (χ2v) is 6.16. The summed E-state index contributed by atoms with van der Waals surface area (Å²) in [5.74, 6) is 2.09. The van der Waals surface area contributed by atoms with Crippen molar-refractivity contribution in [1.29, 1.82) is 0 Å². The number of para-hydroxylation sites is 1. The molecule has 0 saturated carbocycles. The number of rotatable bonds is 4. The van der Waals surface area contributed by atoms with Crippen LogP contribution in [0.2, 0.25) is 0 Å². The van der Waals surface area contributed by atoms with Crippen molar-refractivity contribution in [2.75, 3.05) is 5.32 Å². The van der Waals surface area contributed by atoms with Gasteiger partial charge in [-0.25, -0.2) is 9.97 Å². The van der Waals surface area contributed by atoms with Crippen molar-refractivity contribution in [3.8, 4) is 11.4 Å². The molecule has 2 N–H and O–H groups in total. The van der Waals surface area contributed by atoms with Gasteiger partial charge in [0.2, 0.25) is 0 Å². The molecule has 0 aliphatic heterocycles. The third kappa shape index (κ3) is 3.09. The fourth-order valence-electron chi connectivity index (χ4n) is 2.72. The number of H-pyrrole nitrogens is 1. The Kier molecular flexibility index (Phi) is 4.01. The van der Waals surface area contributed by atoms with Gasteiger partial charge in [-0.3, -0.25) is 4.79 Å². The van der Waals surface area contributed by atoms with Gasteiger partial charge in [-0.1, -0.05) is 18.2 Å². The third-order valence-corrected chi connectivity index (χ3v) is 4.35. The highest BCUT2D eigenvalue weighted by atomic mass is 16.3. The van der Waals surface area contributed by atoms with Crippen molar-refractivity contribution in [3.05, 3.63) is 76.0 Å². The summed E-state index contributed by atoms with van der Waals surface area (Å²) in [7, 11) is 0. The van der Waals surface area contributed by atoms with Gasteiger partial charge in [0.15, 0.2) is 0 Å². The number of aromatic nitrogens is 3. The molecule has 0 spiro atoms. The molecule has 1 aromatic carbocycles. The Morgan fingerprint density at radius 2 is 2.00 bits per heavy atom. The molecule has 4 rings (SSSR count). The summed E-state index contributed by atoms with van der Waals surface area (Å²) in [6.45, 7) is 4.12. The zero-order chi connectivity index (χ0) is 18.1. The lowest BCUT2D eigenvalue weighted by atomic mass is 10.2. The number of pyridine rings is 1. The first-order valence-electron chi connectivity index (χ1n) is 8.35. The number of anilines is 1. The van der Waals surface area contributed by atoms with E-state index in [1.807, 2.05) is 49.4 Å². The Morgan fingerprint density at radius 3 is 2.73 bits per heavy atom. The van der Waals surface area contributed by atoms with Crippen molar-refractivity contribution in [2.45, 2.75) is 20.4 Å². The highest BCUT2D eigenvalue weighted by molar-refractivity contribution is 5.77. The second-order valence-electron chi connectivity index (χ2n) is 6.16. The number of aryl methyl sites for hydroxylation is 1. The van der Waals surface area contributed by atoms with E-state index in [0.29, 0.717) is 17.9 Å². The minimum atomic E-state index is -0.125. The Labute approximate surface area is 149 Å². The molecule has 3 heterocycles. The average Bonchev–Trinajstić information content (AvgIpc) is 3.07. The summed E-state index contributed by atoms with van der Waals surface area (Å²) < 4.78 is 5.78. The maximum absolute atomic E-state index is 11.9. The summed E-state index contributed by atoms with van der Waals surface area (Å²) in [6.07, 6.45) is 1.69. The first-order valence-corrected chi connectivity index (χ1v) is 8.35. The maximum Gasteiger partial charge on any atom is 0.254 e. The maximum atomic E-state index is 11.9. The monoisotopic (exact) mass is 346 g/mol. The average molecular weight is 346 g/mol. The topological polar surface area (TPSA) is 83.8 Å². The molecule has 0 saturated heterocycles. The van der Waals surface area contributed by atoms with Crippen molar-refractivity contribution in [1.82, 2.24) is 15.0 Å². The van der Waals surface area contributed by atoms with Crippen LogP contribution in [0, 0.1) is 13.8 Å².